The number of amides is 2. The van der Waals surface area contributed by atoms with E-state index in [1.54, 1.807) is 0 Å². The number of hydrogen-bond donors (Lipinski definition) is 2. The maximum Gasteiger partial charge on any atom is 0.269 e. The molecule has 8 nitrogen and oxygen atoms in total. The zero-order valence-corrected chi connectivity index (χ0v) is 12.7. The smallest absolute Gasteiger partial charge is 0.269 e. The summed E-state index contributed by atoms with van der Waals surface area (Å²) >= 11 is 0. The molecule has 1 saturated heterocycles. The minimum atomic E-state index is -0.485. The van der Waals surface area contributed by atoms with Crippen LogP contribution >= 0.6 is 0 Å². The van der Waals surface area contributed by atoms with Crippen LogP contribution in [0.15, 0.2) is 24.3 Å². The first-order valence-corrected chi connectivity index (χ1v) is 7.51. The molecular formula is C15H20N4O4. The van der Waals surface area contributed by atoms with Gasteiger partial charge in [-0.1, -0.05) is 0 Å². The van der Waals surface area contributed by atoms with E-state index in [1.165, 1.54) is 24.3 Å². The molecule has 8 heteroatoms. The second-order valence-corrected chi connectivity index (χ2v) is 5.62. The van der Waals surface area contributed by atoms with Crippen molar-refractivity contribution in [2.75, 3.05) is 25.0 Å². The molecule has 2 rings (SSSR count). The third-order valence-corrected chi connectivity index (χ3v) is 4.01. The highest BCUT2D eigenvalue weighted by atomic mass is 16.6. The molecule has 0 saturated carbocycles. The Labute approximate surface area is 133 Å². The van der Waals surface area contributed by atoms with Crippen LogP contribution in [0.2, 0.25) is 0 Å². The second-order valence-electron chi connectivity index (χ2n) is 5.62. The molecule has 1 aromatic rings. The Kier molecular flexibility index (Phi) is 5.64. The van der Waals surface area contributed by atoms with Crippen molar-refractivity contribution in [1.29, 1.82) is 0 Å². The van der Waals surface area contributed by atoms with Gasteiger partial charge in [0.05, 0.1) is 4.92 Å². The molecule has 23 heavy (non-hydrogen) atoms. The minimum Gasteiger partial charge on any atom is -0.369 e. The molecule has 0 spiro atoms. The highest BCUT2D eigenvalue weighted by molar-refractivity contribution is 5.90. The van der Waals surface area contributed by atoms with E-state index >= 15 is 0 Å². The van der Waals surface area contributed by atoms with Crippen LogP contribution in [0.5, 0.6) is 0 Å². The van der Waals surface area contributed by atoms with Gasteiger partial charge in [0.25, 0.3) is 5.69 Å². The van der Waals surface area contributed by atoms with Gasteiger partial charge in [-0.15, -0.1) is 0 Å². The van der Waals surface area contributed by atoms with Gasteiger partial charge in [0.1, 0.15) is 0 Å². The van der Waals surface area contributed by atoms with Crippen LogP contribution in [0.25, 0.3) is 0 Å². The number of likely N-dealkylation sites (tertiary alicyclic amines) is 1. The lowest BCUT2D eigenvalue weighted by molar-refractivity contribution is -0.384. The summed E-state index contributed by atoms with van der Waals surface area (Å²) in [6.45, 7) is 2.14. The van der Waals surface area contributed by atoms with Crippen molar-refractivity contribution in [3.63, 3.8) is 0 Å². The molecule has 0 atom stereocenters. The predicted octanol–water partition coefficient (Wildman–Crippen LogP) is 1.12. The average Bonchev–Trinajstić information content (AvgIpc) is 2.54. The molecule has 124 valence electrons. The van der Waals surface area contributed by atoms with Gasteiger partial charge in [0.2, 0.25) is 11.8 Å². The van der Waals surface area contributed by atoms with Crippen LogP contribution in [-0.4, -0.2) is 41.3 Å². The number of benzene rings is 1. The number of nitrogens with zero attached hydrogens (tertiary/aromatic N) is 2. The number of carbonyl (C=O) groups is 2. The topological polar surface area (TPSA) is 119 Å². The van der Waals surface area contributed by atoms with E-state index in [4.69, 9.17) is 5.73 Å². The van der Waals surface area contributed by atoms with E-state index < -0.39 is 4.92 Å². The molecule has 0 aliphatic carbocycles. The first kappa shape index (κ1) is 16.9. The highest BCUT2D eigenvalue weighted by Gasteiger charge is 2.23. The highest BCUT2D eigenvalue weighted by Crippen LogP contribution is 2.17. The molecule has 1 fully saturated rings. The number of nitro groups is 1. The van der Waals surface area contributed by atoms with Gasteiger partial charge in [0, 0.05) is 36.7 Å². The van der Waals surface area contributed by atoms with Gasteiger partial charge >= 0.3 is 0 Å². The van der Waals surface area contributed by atoms with Crippen molar-refractivity contribution in [2.45, 2.75) is 19.3 Å². The monoisotopic (exact) mass is 320 g/mol. The Bertz CT molecular complexity index is 580. The molecule has 0 aromatic heterocycles. The predicted molar refractivity (Wildman–Crippen MR) is 84.7 cm³/mol. The molecule has 0 radical (unpaired) electrons. The number of primary amides is 1. The van der Waals surface area contributed by atoms with E-state index in [0.29, 0.717) is 18.7 Å². The van der Waals surface area contributed by atoms with Gasteiger partial charge in [-0.05, 0) is 38.1 Å². The fourth-order valence-electron chi connectivity index (χ4n) is 2.59. The molecule has 2 amide bonds. The van der Waals surface area contributed by atoms with E-state index in [0.717, 1.165) is 25.9 Å². The number of carbonyl (C=O) groups excluding carboxylic acids is 2. The van der Waals surface area contributed by atoms with Crippen molar-refractivity contribution < 1.29 is 14.5 Å². The molecule has 1 aromatic carbocycles. The maximum absolute atomic E-state index is 11.9. The molecule has 1 aliphatic heterocycles. The van der Waals surface area contributed by atoms with Crippen molar-refractivity contribution in [2.24, 2.45) is 11.7 Å². The molecule has 0 unspecified atom stereocenters. The summed E-state index contributed by atoms with van der Waals surface area (Å²) in [7, 11) is 0. The van der Waals surface area contributed by atoms with Crippen LogP contribution in [0, 0.1) is 16.0 Å². The summed E-state index contributed by atoms with van der Waals surface area (Å²) < 4.78 is 0. The van der Waals surface area contributed by atoms with Gasteiger partial charge in [-0.3, -0.25) is 19.7 Å². The number of anilines is 1. The summed E-state index contributed by atoms with van der Waals surface area (Å²) in [6, 6.07) is 5.72. The summed E-state index contributed by atoms with van der Waals surface area (Å²) in [6.07, 6.45) is 1.80. The summed E-state index contributed by atoms with van der Waals surface area (Å²) in [4.78, 5) is 35.2. The van der Waals surface area contributed by atoms with Crippen LogP contribution in [0.3, 0.4) is 0 Å². The largest absolute Gasteiger partial charge is 0.369 e. The summed E-state index contributed by atoms with van der Waals surface area (Å²) in [5.74, 6) is -0.448. The van der Waals surface area contributed by atoms with Gasteiger partial charge < -0.3 is 16.0 Å². The summed E-state index contributed by atoms with van der Waals surface area (Å²) in [5, 5.41) is 13.3. The molecule has 1 aliphatic rings. The standard InChI is InChI=1S/C15H20N4O4/c16-15(21)11-5-8-18(9-6-11)10-7-14(20)17-12-1-3-13(4-2-12)19(22)23/h1-4,11H,5-10H2,(H2,16,21)(H,17,20). The van der Waals surface area contributed by atoms with E-state index in [-0.39, 0.29) is 23.4 Å². The van der Waals surface area contributed by atoms with Gasteiger partial charge in [0.15, 0.2) is 0 Å². The van der Waals surface area contributed by atoms with E-state index in [9.17, 15) is 19.7 Å². The zero-order chi connectivity index (χ0) is 16.8. The Morgan fingerprint density at radius 1 is 1.26 bits per heavy atom. The zero-order valence-electron chi connectivity index (χ0n) is 12.7. The Morgan fingerprint density at radius 2 is 1.87 bits per heavy atom. The number of non-ortho nitro benzene ring substituents is 1. The minimum absolute atomic E-state index is 0.0136. The number of nitro benzene ring substituents is 1. The normalized spacial score (nSPS) is 16.0. The lowest BCUT2D eigenvalue weighted by atomic mass is 9.96. The molecule has 0 bridgehead atoms. The number of rotatable bonds is 6. The van der Waals surface area contributed by atoms with E-state index in [1.807, 2.05) is 0 Å². The first-order chi connectivity index (χ1) is 11.0. The average molecular weight is 320 g/mol. The number of piperidine rings is 1. The van der Waals surface area contributed by atoms with E-state index in [2.05, 4.69) is 10.2 Å². The molecular weight excluding hydrogens is 300 g/mol. The Balaban J connectivity index is 1.73. The second kappa shape index (κ2) is 7.68. The Morgan fingerprint density at radius 3 is 2.39 bits per heavy atom. The van der Waals surface area contributed by atoms with Crippen molar-refractivity contribution in [1.82, 2.24) is 4.90 Å². The number of hydrogen-bond acceptors (Lipinski definition) is 5. The van der Waals surface area contributed by atoms with Crippen molar-refractivity contribution >= 4 is 23.2 Å². The molecule has 1 heterocycles. The summed E-state index contributed by atoms with van der Waals surface area (Å²) in [5.41, 5.74) is 5.81. The number of nitrogens with two attached hydrogens (primary N) is 1. The fraction of sp³-hybridized carbons (Fsp3) is 0.467. The SMILES string of the molecule is NC(=O)C1CCN(CCC(=O)Nc2ccc([N+](=O)[O-])cc2)CC1. The lowest BCUT2D eigenvalue weighted by Gasteiger charge is -2.30. The number of nitrogens with one attached hydrogen (secondary N) is 1. The Hall–Kier alpha value is -2.48. The maximum atomic E-state index is 11.9. The third kappa shape index (κ3) is 5.03. The fourth-order valence-corrected chi connectivity index (χ4v) is 2.59. The van der Waals surface area contributed by atoms with Crippen LogP contribution < -0.4 is 11.1 Å². The van der Waals surface area contributed by atoms with Crippen LogP contribution in [-0.2, 0) is 9.59 Å². The third-order valence-electron chi connectivity index (χ3n) is 4.01. The van der Waals surface area contributed by atoms with Crippen LogP contribution in [0.1, 0.15) is 19.3 Å². The molecule has 3 N–H and O–H groups in total. The van der Waals surface area contributed by atoms with Crippen molar-refractivity contribution in [3.8, 4) is 0 Å². The van der Waals surface area contributed by atoms with Crippen molar-refractivity contribution in [3.05, 3.63) is 34.4 Å². The quantitative estimate of drug-likeness (QED) is 0.601. The van der Waals surface area contributed by atoms with Crippen LogP contribution in [0.4, 0.5) is 11.4 Å². The lowest BCUT2D eigenvalue weighted by Crippen LogP contribution is -2.39. The first-order valence-electron chi connectivity index (χ1n) is 7.51. The van der Waals surface area contributed by atoms with Gasteiger partial charge in [-0.2, -0.15) is 0 Å². The van der Waals surface area contributed by atoms with Gasteiger partial charge in [-0.25, -0.2) is 0 Å².